The van der Waals surface area contributed by atoms with Crippen LogP contribution in [0.3, 0.4) is 0 Å². The van der Waals surface area contributed by atoms with Crippen molar-refractivity contribution in [3.05, 3.63) is 39.7 Å². The molecule has 2 rings (SSSR count). The fourth-order valence-electron chi connectivity index (χ4n) is 1.36. The van der Waals surface area contributed by atoms with Crippen LogP contribution >= 0.6 is 27.3 Å². The van der Waals surface area contributed by atoms with E-state index in [9.17, 15) is 9.18 Å². The summed E-state index contributed by atoms with van der Waals surface area (Å²) in [5.41, 5.74) is 0.720. The molecule has 0 saturated heterocycles. The number of ketones is 1. The van der Waals surface area contributed by atoms with Gasteiger partial charge in [-0.15, -0.1) is 11.3 Å². The lowest BCUT2D eigenvalue weighted by molar-refractivity contribution is 0.101. The minimum Gasteiger partial charge on any atom is -0.293 e. The first kappa shape index (κ1) is 11.4. The van der Waals surface area contributed by atoms with Crippen molar-refractivity contribution in [1.82, 2.24) is 4.98 Å². The van der Waals surface area contributed by atoms with Gasteiger partial charge >= 0.3 is 0 Å². The van der Waals surface area contributed by atoms with Crippen molar-refractivity contribution in [1.29, 1.82) is 0 Å². The van der Waals surface area contributed by atoms with Gasteiger partial charge in [0.05, 0.1) is 4.88 Å². The highest BCUT2D eigenvalue weighted by Crippen LogP contribution is 2.34. The van der Waals surface area contributed by atoms with E-state index in [2.05, 4.69) is 20.9 Å². The second-order valence-corrected chi connectivity index (χ2v) is 5.46. The number of nitrogens with zero attached hydrogens (tertiary/aromatic N) is 1. The lowest BCUT2D eigenvalue weighted by atomic mass is 10.1. The standard InChI is InChI=1S/C11H7BrFNOS/c1-6(15)9-10(16-11(12)14-9)7-4-2-3-5-8(7)13/h2-5H,1H3. The van der Waals surface area contributed by atoms with Gasteiger partial charge in [-0.05, 0) is 22.0 Å². The number of rotatable bonds is 2. The van der Waals surface area contributed by atoms with Crippen molar-refractivity contribution in [2.75, 3.05) is 0 Å². The molecule has 0 fully saturated rings. The van der Waals surface area contributed by atoms with Crippen LogP contribution in [0.5, 0.6) is 0 Å². The summed E-state index contributed by atoms with van der Waals surface area (Å²) in [5, 5.41) is 0. The Morgan fingerprint density at radius 1 is 1.44 bits per heavy atom. The lowest BCUT2D eigenvalue weighted by Gasteiger charge is -2.00. The second kappa shape index (κ2) is 4.43. The maximum atomic E-state index is 13.6. The number of hydrogen-bond acceptors (Lipinski definition) is 3. The van der Waals surface area contributed by atoms with Gasteiger partial charge in [-0.3, -0.25) is 4.79 Å². The summed E-state index contributed by atoms with van der Waals surface area (Å²) in [6, 6.07) is 6.35. The Morgan fingerprint density at radius 2 is 2.12 bits per heavy atom. The smallest absolute Gasteiger partial charge is 0.179 e. The van der Waals surface area contributed by atoms with Gasteiger partial charge in [0.2, 0.25) is 0 Å². The molecule has 5 heteroatoms. The summed E-state index contributed by atoms with van der Waals surface area (Å²) < 4.78 is 14.2. The molecule has 0 spiro atoms. The Labute approximate surface area is 104 Å². The summed E-state index contributed by atoms with van der Waals surface area (Å²) >= 11 is 4.46. The van der Waals surface area contributed by atoms with E-state index in [4.69, 9.17) is 0 Å². The van der Waals surface area contributed by atoms with Crippen LogP contribution in [-0.2, 0) is 0 Å². The molecule has 0 bridgehead atoms. The molecule has 0 saturated carbocycles. The molecule has 1 aromatic carbocycles. The van der Waals surface area contributed by atoms with Crippen LogP contribution in [0.15, 0.2) is 28.2 Å². The number of hydrogen-bond donors (Lipinski definition) is 0. The quantitative estimate of drug-likeness (QED) is 0.787. The molecule has 82 valence electrons. The maximum Gasteiger partial charge on any atom is 0.179 e. The van der Waals surface area contributed by atoms with Crippen molar-refractivity contribution in [3.63, 3.8) is 0 Å². The fraction of sp³-hybridized carbons (Fsp3) is 0.0909. The first-order valence-electron chi connectivity index (χ1n) is 4.51. The number of aromatic nitrogens is 1. The number of Topliss-reactive ketones (excluding diaryl/α,β-unsaturated/α-hetero) is 1. The van der Waals surface area contributed by atoms with Gasteiger partial charge in [0.25, 0.3) is 0 Å². The third-order valence-electron chi connectivity index (χ3n) is 2.05. The molecule has 2 aromatic rings. The zero-order chi connectivity index (χ0) is 11.7. The number of benzene rings is 1. The molecule has 0 aliphatic heterocycles. The summed E-state index contributed by atoms with van der Waals surface area (Å²) in [6.45, 7) is 1.42. The van der Waals surface area contributed by atoms with Crippen LogP contribution in [0.4, 0.5) is 4.39 Å². The van der Waals surface area contributed by atoms with E-state index in [0.29, 0.717) is 20.1 Å². The first-order chi connectivity index (χ1) is 7.59. The molecule has 1 aromatic heterocycles. The molecule has 2 nitrogen and oxygen atoms in total. The Kier molecular flexibility index (Phi) is 3.16. The highest BCUT2D eigenvalue weighted by atomic mass is 79.9. The van der Waals surface area contributed by atoms with E-state index in [0.717, 1.165) is 0 Å². The van der Waals surface area contributed by atoms with E-state index < -0.39 is 0 Å². The summed E-state index contributed by atoms with van der Waals surface area (Å²) in [7, 11) is 0. The molecule has 0 aliphatic carbocycles. The Balaban J connectivity index is 2.64. The predicted molar refractivity (Wildman–Crippen MR) is 65.2 cm³/mol. The van der Waals surface area contributed by atoms with Crippen LogP contribution in [0.2, 0.25) is 0 Å². The van der Waals surface area contributed by atoms with Gasteiger partial charge in [0.1, 0.15) is 11.5 Å². The second-order valence-electron chi connectivity index (χ2n) is 3.18. The summed E-state index contributed by atoms with van der Waals surface area (Å²) in [4.78, 5) is 16.0. The number of halogens is 2. The SMILES string of the molecule is CC(=O)c1nc(Br)sc1-c1ccccc1F. The summed E-state index contributed by atoms with van der Waals surface area (Å²) in [6.07, 6.45) is 0. The largest absolute Gasteiger partial charge is 0.293 e. The highest BCUT2D eigenvalue weighted by molar-refractivity contribution is 9.11. The van der Waals surface area contributed by atoms with Gasteiger partial charge in [-0.1, -0.05) is 18.2 Å². The van der Waals surface area contributed by atoms with Crippen LogP contribution < -0.4 is 0 Å². The van der Waals surface area contributed by atoms with Gasteiger partial charge < -0.3 is 0 Å². The molecule has 0 radical (unpaired) electrons. The molecule has 0 atom stereocenters. The summed E-state index contributed by atoms with van der Waals surface area (Å²) in [5.74, 6) is -0.513. The van der Waals surface area contributed by atoms with E-state index in [1.54, 1.807) is 18.2 Å². The zero-order valence-electron chi connectivity index (χ0n) is 8.33. The van der Waals surface area contributed by atoms with E-state index in [1.807, 2.05) is 0 Å². The normalized spacial score (nSPS) is 10.4. The van der Waals surface area contributed by atoms with Gasteiger partial charge in [0, 0.05) is 12.5 Å². The molecule has 16 heavy (non-hydrogen) atoms. The average molecular weight is 300 g/mol. The van der Waals surface area contributed by atoms with E-state index in [-0.39, 0.29) is 11.6 Å². The number of carbonyl (C=O) groups excluding carboxylic acids is 1. The zero-order valence-corrected chi connectivity index (χ0v) is 10.7. The van der Waals surface area contributed by atoms with E-state index >= 15 is 0 Å². The average Bonchev–Trinajstić information content (AvgIpc) is 2.61. The highest BCUT2D eigenvalue weighted by Gasteiger charge is 2.17. The van der Waals surface area contributed by atoms with Crippen molar-refractivity contribution in [2.24, 2.45) is 0 Å². The van der Waals surface area contributed by atoms with Crippen molar-refractivity contribution in [3.8, 4) is 10.4 Å². The van der Waals surface area contributed by atoms with Crippen LogP contribution in [-0.4, -0.2) is 10.8 Å². The van der Waals surface area contributed by atoms with Crippen LogP contribution in [0, 0.1) is 5.82 Å². The van der Waals surface area contributed by atoms with Crippen molar-refractivity contribution >= 4 is 33.0 Å². The van der Waals surface area contributed by atoms with Crippen LogP contribution in [0.25, 0.3) is 10.4 Å². The minimum absolute atomic E-state index is 0.166. The molecular weight excluding hydrogens is 293 g/mol. The van der Waals surface area contributed by atoms with Crippen molar-refractivity contribution in [2.45, 2.75) is 6.92 Å². The van der Waals surface area contributed by atoms with E-state index in [1.165, 1.54) is 24.3 Å². The Morgan fingerprint density at radius 3 is 2.75 bits per heavy atom. The molecule has 0 N–H and O–H groups in total. The molecule has 1 heterocycles. The molecule has 0 unspecified atom stereocenters. The molecule has 0 aliphatic rings. The topological polar surface area (TPSA) is 30.0 Å². The van der Waals surface area contributed by atoms with Crippen molar-refractivity contribution < 1.29 is 9.18 Å². The maximum absolute atomic E-state index is 13.6. The lowest BCUT2D eigenvalue weighted by Crippen LogP contribution is -1.95. The molecular formula is C11H7BrFNOS. The third-order valence-corrected chi connectivity index (χ3v) is 3.59. The fourth-order valence-corrected chi connectivity index (χ4v) is 2.89. The number of carbonyl (C=O) groups is 1. The van der Waals surface area contributed by atoms with Gasteiger partial charge in [0.15, 0.2) is 9.70 Å². The monoisotopic (exact) mass is 299 g/mol. The first-order valence-corrected chi connectivity index (χ1v) is 6.12. The Bertz CT molecular complexity index is 553. The van der Waals surface area contributed by atoms with Crippen LogP contribution in [0.1, 0.15) is 17.4 Å². The Hall–Kier alpha value is -1.07. The van der Waals surface area contributed by atoms with Gasteiger partial charge in [-0.25, -0.2) is 9.37 Å². The predicted octanol–water partition coefficient (Wildman–Crippen LogP) is 3.91. The van der Waals surface area contributed by atoms with Gasteiger partial charge in [-0.2, -0.15) is 0 Å². The third kappa shape index (κ3) is 2.05. The molecule has 0 amide bonds. The number of thiazole rings is 1. The minimum atomic E-state index is -0.346.